The van der Waals surface area contributed by atoms with Crippen LogP contribution in [0.3, 0.4) is 0 Å². The van der Waals surface area contributed by atoms with Gasteiger partial charge in [0.1, 0.15) is 11.6 Å². The van der Waals surface area contributed by atoms with Crippen LogP contribution in [-0.2, 0) is 12.8 Å². The van der Waals surface area contributed by atoms with Crippen LogP contribution in [0.25, 0.3) is 16.7 Å². The van der Waals surface area contributed by atoms with Crippen molar-refractivity contribution in [2.45, 2.75) is 148 Å². The van der Waals surface area contributed by atoms with Crippen molar-refractivity contribution in [1.82, 2.24) is 9.55 Å². The van der Waals surface area contributed by atoms with Crippen LogP contribution in [0.5, 0.6) is 5.75 Å². The summed E-state index contributed by atoms with van der Waals surface area (Å²) in [5.41, 5.74) is 5.45. The molecule has 0 spiro atoms. The number of benzene rings is 3. The summed E-state index contributed by atoms with van der Waals surface area (Å²) >= 11 is 0. The highest BCUT2D eigenvalue weighted by Crippen LogP contribution is 2.28. The lowest BCUT2D eigenvalue weighted by atomic mass is 10.1. The first-order valence-corrected chi connectivity index (χ1v) is 20.0. The second-order valence-electron chi connectivity index (χ2n) is 14.2. The minimum absolute atomic E-state index is 0.136. The van der Waals surface area contributed by atoms with Gasteiger partial charge in [0.25, 0.3) is 5.91 Å². The molecule has 0 unspecified atom stereocenters. The van der Waals surface area contributed by atoms with E-state index in [1.165, 1.54) is 50.5 Å². The third-order valence-corrected chi connectivity index (χ3v) is 9.74. The van der Waals surface area contributed by atoms with Gasteiger partial charge < -0.3 is 10.1 Å². The summed E-state index contributed by atoms with van der Waals surface area (Å²) in [6, 6.07) is 21.9. The third-order valence-electron chi connectivity index (χ3n) is 9.74. The van der Waals surface area contributed by atoms with Crippen molar-refractivity contribution in [3.05, 3.63) is 83.7 Å². The number of carbonyl (C=O) groups excluding carboxylic acids is 1. The Hall–Kier alpha value is -3.81. The summed E-state index contributed by atoms with van der Waals surface area (Å²) < 4.78 is 45.6. The number of aryl methyl sites for hydroxylation is 2. The predicted octanol–water partition coefficient (Wildman–Crippen LogP) is 13.4. The monoisotopic (exact) mass is 719 g/mol. The average Bonchev–Trinajstić information content (AvgIpc) is 3.50. The number of nitrogens with one attached hydrogen (secondary N) is 1. The zero-order valence-corrected chi connectivity index (χ0v) is 31.5. The third kappa shape index (κ3) is 14.3. The zero-order valence-electron chi connectivity index (χ0n) is 31.5. The van der Waals surface area contributed by atoms with Gasteiger partial charge in [-0.1, -0.05) is 109 Å². The number of hydrogen-bond donors (Lipinski definition) is 1. The summed E-state index contributed by atoms with van der Waals surface area (Å²) in [5.74, 6) is 1.65. The second kappa shape index (κ2) is 22.3. The Morgan fingerprint density at radius 3 is 1.96 bits per heavy atom. The van der Waals surface area contributed by atoms with Crippen molar-refractivity contribution in [3.63, 3.8) is 0 Å². The first kappa shape index (κ1) is 41.0. The van der Waals surface area contributed by atoms with Gasteiger partial charge >= 0.3 is 6.18 Å². The van der Waals surface area contributed by atoms with Gasteiger partial charge in [-0.3, -0.25) is 9.36 Å². The molecule has 0 fully saturated rings. The minimum Gasteiger partial charge on any atom is -0.494 e. The smallest absolute Gasteiger partial charge is 0.389 e. The SMILES string of the molecule is CCCCCCCCCCOc1ccc2c(c1)nc(CCCCCCCCCC(F)(F)F)n2-c1ccc(NC(=O)c2ccc(CCCC)cc2)cc1. The molecule has 0 atom stereocenters. The standard InChI is InChI=1S/C44H60F3N3O2/c1-3-5-7-8-9-13-16-19-33-52-39-30-31-41-40(34-39)49-42(21-17-14-11-10-12-15-18-32-44(45,46)47)50(41)38-28-26-37(27-29-38)48-43(51)36-24-22-35(23-25-36)20-6-4-2/h22-31,34H,3-21,32-33H2,1-2H3,(H,48,51). The lowest BCUT2D eigenvalue weighted by Gasteiger charge is -2.12. The van der Waals surface area contributed by atoms with E-state index in [1.807, 2.05) is 60.7 Å². The highest BCUT2D eigenvalue weighted by molar-refractivity contribution is 6.04. The molecule has 0 saturated carbocycles. The number of ether oxygens (including phenoxy) is 1. The second-order valence-corrected chi connectivity index (χ2v) is 14.2. The van der Waals surface area contributed by atoms with E-state index < -0.39 is 12.6 Å². The first-order valence-electron chi connectivity index (χ1n) is 20.0. The number of anilines is 1. The summed E-state index contributed by atoms with van der Waals surface area (Å²) in [4.78, 5) is 18.1. The molecule has 0 aliphatic carbocycles. The Morgan fingerprint density at radius 1 is 0.692 bits per heavy atom. The molecule has 0 aliphatic heterocycles. The summed E-state index contributed by atoms with van der Waals surface area (Å²) in [6.07, 6.45) is 15.0. The fraction of sp³-hybridized carbons (Fsp3) is 0.545. The van der Waals surface area contributed by atoms with Gasteiger partial charge in [0.05, 0.1) is 17.6 Å². The normalized spacial score (nSPS) is 11.7. The number of halogens is 3. The van der Waals surface area contributed by atoms with Crippen LogP contribution in [-0.4, -0.2) is 28.2 Å². The van der Waals surface area contributed by atoms with Crippen molar-refractivity contribution >= 4 is 22.6 Å². The van der Waals surface area contributed by atoms with Gasteiger partial charge in [-0.05, 0) is 86.2 Å². The largest absolute Gasteiger partial charge is 0.494 e. The van der Waals surface area contributed by atoms with E-state index in [1.54, 1.807) is 0 Å². The van der Waals surface area contributed by atoms with Crippen molar-refractivity contribution in [1.29, 1.82) is 0 Å². The van der Waals surface area contributed by atoms with Crippen LogP contribution in [0.4, 0.5) is 18.9 Å². The summed E-state index contributed by atoms with van der Waals surface area (Å²) in [5, 5.41) is 3.03. The lowest BCUT2D eigenvalue weighted by Crippen LogP contribution is -2.12. The molecule has 1 aromatic heterocycles. The van der Waals surface area contributed by atoms with Crippen molar-refractivity contribution < 1.29 is 22.7 Å². The molecule has 0 bridgehead atoms. The molecule has 8 heteroatoms. The van der Waals surface area contributed by atoms with Crippen LogP contribution in [0.15, 0.2) is 66.7 Å². The molecule has 4 aromatic rings. The van der Waals surface area contributed by atoms with Gasteiger partial charge in [0.15, 0.2) is 0 Å². The van der Waals surface area contributed by atoms with Crippen LogP contribution in [0.1, 0.15) is 151 Å². The van der Waals surface area contributed by atoms with E-state index in [4.69, 9.17) is 9.72 Å². The number of rotatable bonds is 25. The molecule has 0 radical (unpaired) electrons. The molecule has 5 nitrogen and oxygen atoms in total. The van der Waals surface area contributed by atoms with E-state index in [0.717, 1.165) is 98.2 Å². The van der Waals surface area contributed by atoms with Crippen molar-refractivity contribution in [2.75, 3.05) is 11.9 Å². The number of carbonyl (C=O) groups is 1. The van der Waals surface area contributed by atoms with E-state index in [0.29, 0.717) is 18.6 Å². The molecule has 284 valence electrons. The minimum atomic E-state index is -4.06. The Morgan fingerprint density at radius 2 is 1.31 bits per heavy atom. The highest BCUT2D eigenvalue weighted by atomic mass is 19.4. The number of amides is 1. The Labute approximate surface area is 309 Å². The molecule has 4 rings (SSSR count). The van der Waals surface area contributed by atoms with Crippen LogP contribution in [0.2, 0.25) is 0 Å². The van der Waals surface area contributed by atoms with E-state index in [9.17, 15) is 18.0 Å². The van der Waals surface area contributed by atoms with Crippen LogP contribution >= 0.6 is 0 Å². The molecule has 52 heavy (non-hydrogen) atoms. The topological polar surface area (TPSA) is 56.1 Å². The van der Waals surface area contributed by atoms with Gasteiger partial charge in [0, 0.05) is 35.8 Å². The van der Waals surface area contributed by atoms with E-state index >= 15 is 0 Å². The number of fused-ring (bicyclic) bond motifs is 1. The maximum Gasteiger partial charge on any atom is 0.389 e. The van der Waals surface area contributed by atoms with Gasteiger partial charge in [-0.2, -0.15) is 13.2 Å². The Balaban J connectivity index is 1.38. The number of imidazole rings is 1. The van der Waals surface area contributed by atoms with E-state index in [2.05, 4.69) is 29.8 Å². The number of nitrogens with zero attached hydrogens (tertiary/aromatic N) is 2. The average molecular weight is 720 g/mol. The van der Waals surface area contributed by atoms with Gasteiger partial charge in [-0.15, -0.1) is 0 Å². The zero-order chi connectivity index (χ0) is 37.0. The maximum atomic E-state index is 13.0. The number of hydrogen-bond acceptors (Lipinski definition) is 3. The Bertz CT molecular complexity index is 1600. The first-order chi connectivity index (χ1) is 25.3. The van der Waals surface area contributed by atoms with Crippen LogP contribution in [0, 0.1) is 0 Å². The lowest BCUT2D eigenvalue weighted by molar-refractivity contribution is -0.135. The Kier molecular flexibility index (Phi) is 17.6. The predicted molar refractivity (Wildman–Crippen MR) is 209 cm³/mol. The molecule has 1 N–H and O–H groups in total. The van der Waals surface area contributed by atoms with Crippen molar-refractivity contribution in [3.8, 4) is 11.4 Å². The summed E-state index contributed by atoms with van der Waals surface area (Å²) in [6.45, 7) is 5.12. The highest BCUT2D eigenvalue weighted by Gasteiger charge is 2.25. The quantitative estimate of drug-likeness (QED) is 0.0694. The molecule has 1 amide bonds. The maximum absolute atomic E-state index is 13.0. The number of alkyl halides is 3. The van der Waals surface area contributed by atoms with Crippen molar-refractivity contribution in [2.24, 2.45) is 0 Å². The van der Waals surface area contributed by atoms with E-state index in [-0.39, 0.29) is 12.3 Å². The fourth-order valence-electron chi connectivity index (χ4n) is 6.67. The van der Waals surface area contributed by atoms with Crippen LogP contribution < -0.4 is 10.1 Å². The molecule has 1 heterocycles. The van der Waals surface area contributed by atoms with Gasteiger partial charge in [-0.25, -0.2) is 4.98 Å². The summed E-state index contributed by atoms with van der Waals surface area (Å²) in [7, 11) is 0. The fourth-order valence-corrected chi connectivity index (χ4v) is 6.67. The molecule has 3 aromatic carbocycles. The number of unbranched alkanes of at least 4 members (excludes halogenated alkanes) is 14. The molecular formula is C44H60F3N3O2. The van der Waals surface area contributed by atoms with Gasteiger partial charge in [0.2, 0.25) is 0 Å². The molecule has 0 aliphatic rings. The molecular weight excluding hydrogens is 659 g/mol. The molecule has 0 saturated heterocycles. The number of aromatic nitrogens is 2.